The van der Waals surface area contributed by atoms with Crippen LogP contribution in [0.5, 0.6) is 0 Å². The fourth-order valence-electron chi connectivity index (χ4n) is 3.49. The van der Waals surface area contributed by atoms with Gasteiger partial charge in [-0.15, -0.1) is 0 Å². The molecule has 4 nitrogen and oxygen atoms in total. The Labute approximate surface area is 169 Å². The predicted octanol–water partition coefficient (Wildman–Crippen LogP) is 4.23. The van der Waals surface area contributed by atoms with Crippen LogP contribution in [0, 0.1) is 19.8 Å². The van der Waals surface area contributed by atoms with E-state index >= 15 is 0 Å². The molecule has 0 aliphatic carbocycles. The van der Waals surface area contributed by atoms with Crippen molar-refractivity contribution in [2.24, 2.45) is 5.92 Å². The summed E-state index contributed by atoms with van der Waals surface area (Å²) in [6, 6.07) is 13.7. The molecule has 0 spiro atoms. The van der Waals surface area contributed by atoms with E-state index in [1.54, 1.807) is 0 Å². The molecule has 0 unspecified atom stereocenters. The molecule has 1 saturated heterocycles. The molecule has 2 amide bonds. The van der Waals surface area contributed by atoms with Gasteiger partial charge >= 0.3 is 0 Å². The lowest BCUT2D eigenvalue weighted by atomic mass is 9.95. The zero-order valence-corrected chi connectivity index (χ0v) is 17.4. The van der Waals surface area contributed by atoms with Crippen LogP contribution in [0.3, 0.4) is 0 Å². The molecule has 1 aliphatic heterocycles. The van der Waals surface area contributed by atoms with Gasteiger partial charge in [0, 0.05) is 35.6 Å². The van der Waals surface area contributed by atoms with Crippen molar-refractivity contribution in [3.8, 4) is 0 Å². The van der Waals surface area contributed by atoms with Gasteiger partial charge in [0.2, 0.25) is 5.91 Å². The maximum atomic E-state index is 12.6. The minimum absolute atomic E-state index is 0.0234. The van der Waals surface area contributed by atoms with Crippen LogP contribution in [-0.4, -0.2) is 29.8 Å². The Bertz CT molecular complexity index is 825. The lowest BCUT2D eigenvalue weighted by Gasteiger charge is -2.31. The van der Waals surface area contributed by atoms with Crippen LogP contribution in [0.15, 0.2) is 46.9 Å². The number of aryl methyl sites for hydroxylation is 2. The van der Waals surface area contributed by atoms with Gasteiger partial charge in [-0.05, 0) is 62.1 Å². The van der Waals surface area contributed by atoms with Gasteiger partial charge < -0.3 is 10.2 Å². The summed E-state index contributed by atoms with van der Waals surface area (Å²) in [6.45, 7) is 5.94. The molecule has 1 fully saturated rings. The number of rotatable bonds is 4. The largest absolute Gasteiger partial charge is 0.352 e. The summed E-state index contributed by atoms with van der Waals surface area (Å²) in [5, 5.41) is 3.06. The number of amides is 2. The highest BCUT2D eigenvalue weighted by molar-refractivity contribution is 9.10. The Balaban J connectivity index is 1.50. The van der Waals surface area contributed by atoms with Crippen molar-refractivity contribution in [2.75, 3.05) is 13.1 Å². The van der Waals surface area contributed by atoms with Crippen molar-refractivity contribution >= 4 is 27.7 Å². The second-order valence-corrected chi connectivity index (χ2v) is 8.14. The summed E-state index contributed by atoms with van der Waals surface area (Å²) in [4.78, 5) is 26.9. The van der Waals surface area contributed by atoms with Gasteiger partial charge in [0.05, 0.1) is 0 Å². The molecule has 5 heteroatoms. The molecular formula is C22H25BrN2O2. The molecule has 0 radical (unpaired) electrons. The van der Waals surface area contributed by atoms with Crippen molar-refractivity contribution in [3.63, 3.8) is 0 Å². The third kappa shape index (κ3) is 4.98. The SMILES string of the molecule is Cc1ccc(CNC(=O)C2CCN(C(=O)c3ccc(Br)cc3)CC2)c(C)c1. The van der Waals surface area contributed by atoms with E-state index < -0.39 is 0 Å². The zero-order valence-electron chi connectivity index (χ0n) is 15.8. The van der Waals surface area contributed by atoms with E-state index in [1.165, 1.54) is 11.1 Å². The number of carbonyl (C=O) groups is 2. The average molecular weight is 429 g/mol. The normalized spacial score (nSPS) is 14.9. The molecule has 0 atom stereocenters. The van der Waals surface area contributed by atoms with Crippen LogP contribution in [-0.2, 0) is 11.3 Å². The second-order valence-electron chi connectivity index (χ2n) is 7.22. The fourth-order valence-corrected chi connectivity index (χ4v) is 3.75. The van der Waals surface area contributed by atoms with E-state index in [0.29, 0.717) is 38.0 Å². The second kappa shape index (κ2) is 8.70. The molecule has 27 heavy (non-hydrogen) atoms. The number of hydrogen-bond donors (Lipinski definition) is 1. The van der Waals surface area contributed by atoms with E-state index in [1.807, 2.05) is 29.2 Å². The number of likely N-dealkylation sites (tertiary alicyclic amines) is 1. The summed E-state index contributed by atoms with van der Waals surface area (Å²) >= 11 is 3.38. The van der Waals surface area contributed by atoms with Crippen molar-refractivity contribution in [2.45, 2.75) is 33.2 Å². The summed E-state index contributed by atoms with van der Waals surface area (Å²) in [6.07, 6.45) is 1.42. The monoisotopic (exact) mass is 428 g/mol. The fraction of sp³-hybridized carbons (Fsp3) is 0.364. The van der Waals surface area contributed by atoms with E-state index in [2.05, 4.69) is 53.3 Å². The molecule has 1 N–H and O–H groups in total. The molecule has 0 bridgehead atoms. The van der Waals surface area contributed by atoms with Gasteiger partial charge in [0.15, 0.2) is 0 Å². The molecule has 142 valence electrons. The van der Waals surface area contributed by atoms with Gasteiger partial charge in [-0.2, -0.15) is 0 Å². The summed E-state index contributed by atoms with van der Waals surface area (Å²) < 4.78 is 0.957. The van der Waals surface area contributed by atoms with Crippen molar-refractivity contribution in [1.29, 1.82) is 0 Å². The predicted molar refractivity (Wildman–Crippen MR) is 111 cm³/mol. The number of halogens is 1. The Morgan fingerprint density at radius 3 is 2.37 bits per heavy atom. The lowest BCUT2D eigenvalue weighted by molar-refractivity contribution is -0.126. The smallest absolute Gasteiger partial charge is 0.253 e. The van der Waals surface area contributed by atoms with Gasteiger partial charge in [-0.1, -0.05) is 39.7 Å². The molecule has 0 saturated carbocycles. The third-order valence-corrected chi connectivity index (χ3v) is 5.72. The Morgan fingerprint density at radius 1 is 1.07 bits per heavy atom. The third-order valence-electron chi connectivity index (χ3n) is 5.20. The van der Waals surface area contributed by atoms with Crippen LogP contribution in [0.4, 0.5) is 0 Å². The van der Waals surface area contributed by atoms with Gasteiger partial charge in [0.25, 0.3) is 5.91 Å². The van der Waals surface area contributed by atoms with Gasteiger partial charge in [-0.3, -0.25) is 9.59 Å². The summed E-state index contributed by atoms with van der Waals surface area (Å²) in [5.41, 5.74) is 4.27. The van der Waals surface area contributed by atoms with E-state index in [-0.39, 0.29) is 17.7 Å². The number of nitrogens with zero attached hydrogens (tertiary/aromatic N) is 1. The number of hydrogen-bond acceptors (Lipinski definition) is 2. The van der Waals surface area contributed by atoms with Crippen molar-refractivity contribution in [1.82, 2.24) is 10.2 Å². The van der Waals surface area contributed by atoms with Crippen LogP contribution in [0.2, 0.25) is 0 Å². The maximum Gasteiger partial charge on any atom is 0.253 e. The van der Waals surface area contributed by atoms with E-state index in [4.69, 9.17) is 0 Å². The van der Waals surface area contributed by atoms with Crippen molar-refractivity contribution in [3.05, 3.63) is 69.2 Å². The summed E-state index contributed by atoms with van der Waals surface area (Å²) in [5.74, 6) is 0.104. The van der Waals surface area contributed by atoms with Crippen LogP contribution < -0.4 is 5.32 Å². The first-order valence-electron chi connectivity index (χ1n) is 9.32. The molecule has 2 aromatic carbocycles. The summed E-state index contributed by atoms with van der Waals surface area (Å²) in [7, 11) is 0. The topological polar surface area (TPSA) is 49.4 Å². The number of piperidine rings is 1. The van der Waals surface area contributed by atoms with Crippen LogP contribution >= 0.6 is 15.9 Å². The van der Waals surface area contributed by atoms with Gasteiger partial charge in [-0.25, -0.2) is 0 Å². The zero-order chi connectivity index (χ0) is 19.4. The Hall–Kier alpha value is -2.14. The maximum absolute atomic E-state index is 12.6. The first kappa shape index (κ1) is 19.6. The molecule has 2 aromatic rings. The first-order valence-corrected chi connectivity index (χ1v) is 10.1. The average Bonchev–Trinajstić information content (AvgIpc) is 2.67. The van der Waals surface area contributed by atoms with E-state index in [0.717, 1.165) is 10.0 Å². The minimum Gasteiger partial charge on any atom is -0.352 e. The standard InChI is InChI=1S/C22H25BrN2O2/c1-15-3-4-19(16(2)13-15)14-24-21(26)17-9-11-25(12-10-17)22(27)18-5-7-20(23)8-6-18/h3-8,13,17H,9-12,14H2,1-2H3,(H,24,26). The van der Waals surface area contributed by atoms with Crippen LogP contribution in [0.25, 0.3) is 0 Å². The Morgan fingerprint density at radius 2 is 1.74 bits per heavy atom. The molecule has 1 aliphatic rings. The quantitative estimate of drug-likeness (QED) is 0.791. The van der Waals surface area contributed by atoms with Crippen LogP contribution in [0.1, 0.15) is 39.9 Å². The highest BCUT2D eigenvalue weighted by atomic mass is 79.9. The molecule has 0 aromatic heterocycles. The first-order chi connectivity index (χ1) is 12.9. The number of benzene rings is 2. The van der Waals surface area contributed by atoms with E-state index in [9.17, 15) is 9.59 Å². The molecule has 1 heterocycles. The molecular weight excluding hydrogens is 404 g/mol. The highest BCUT2D eigenvalue weighted by Crippen LogP contribution is 2.20. The van der Waals surface area contributed by atoms with Gasteiger partial charge in [0.1, 0.15) is 0 Å². The lowest BCUT2D eigenvalue weighted by Crippen LogP contribution is -2.43. The Kier molecular flexibility index (Phi) is 6.32. The molecule has 3 rings (SSSR count). The minimum atomic E-state index is -0.0234. The highest BCUT2D eigenvalue weighted by Gasteiger charge is 2.27. The number of carbonyl (C=O) groups excluding carboxylic acids is 2. The van der Waals surface area contributed by atoms with Crippen molar-refractivity contribution < 1.29 is 9.59 Å². The number of nitrogens with one attached hydrogen (secondary N) is 1.